The molecule has 1 unspecified atom stereocenters. The lowest BCUT2D eigenvalue weighted by molar-refractivity contribution is 0.217. The lowest BCUT2D eigenvalue weighted by Crippen LogP contribution is -2.32. The molecule has 0 aromatic carbocycles. The SMILES string of the molecule is CC(C)(C)C1CCCN(S(=O)(=O)c2c[nH]c(CCl)c2)CC1. The van der Waals surface area contributed by atoms with E-state index in [0.717, 1.165) is 25.0 Å². The van der Waals surface area contributed by atoms with Gasteiger partial charge in [-0.25, -0.2) is 8.42 Å². The van der Waals surface area contributed by atoms with Crippen LogP contribution in [0.25, 0.3) is 0 Å². The summed E-state index contributed by atoms with van der Waals surface area (Å²) in [4.78, 5) is 3.24. The Balaban J connectivity index is 2.14. The topological polar surface area (TPSA) is 53.2 Å². The summed E-state index contributed by atoms with van der Waals surface area (Å²) in [5, 5.41) is 0. The third-order valence-electron chi connectivity index (χ3n) is 4.41. The van der Waals surface area contributed by atoms with Gasteiger partial charge in [-0.15, -0.1) is 11.6 Å². The molecular formula is C15H25ClN2O2S. The number of halogens is 1. The molecule has 0 radical (unpaired) electrons. The zero-order valence-corrected chi connectivity index (χ0v) is 14.6. The Morgan fingerprint density at radius 3 is 2.62 bits per heavy atom. The van der Waals surface area contributed by atoms with Crippen LogP contribution in [0.4, 0.5) is 0 Å². The number of sulfonamides is 1. The van der Waals surface area contributed by atoms with Crippen molar-refractivity contribution < 1.29 is 8.42 Å². The molecular weight excluding hydrogens is 308 g/mol. The van der Waals surface area contributed by atoms with E-state index >= 15 is 0 Å². The van der Waals surface area contributed by atoms with Crippen LogP contribution in [0.3, 0.4) is 0 Å². The molecule has 1 atom stereocenters. The summed E-state index contributed by atoms with van der Waals surface area (Å²) in [5.74, 6) is 0.865. The molecule has 4 nitrogen and oxygen atoms in total. The van der Waals surface area contributed by atoms with E-state index in [4.69, 9.17) is 11.6 Å². The highest BCUT2D eigenvalue weighted by molar-refractivity contribution is 7.89. The third-order valence-corrected chi connectivity index (χ3v) is 6.57. The van der Waals surface area contributed by atoms with Crippen LogP contribution < -0.4 is 0 Å². The minimum absolute atomic E-state index is 0.236. The number of nitrogens with one attached hydrogen (secondary N) is 1. The van der Waals surface area contributed by atoms with E-state index in [9.17, 15) is 8.42 Å². The van der Waals surface area contributed by atoms with Crippen LogP contribution in [0.15, 0.2) is 17.2 Å². The van der Waals surface area contributed by atoms with Gasteiger partial charge in [-0.05, 0) is 36.7 Å². The molecule has 0 spiro atoms. The van der Waals surface area contributed by atoms with Crippen LogP contribution in [-0.4, -0.2) is 30.8 Å². The van der Waals surface area contributed by atoms with Gasteiger partial charge in [-0.3, -0.25) is 0 Å². The van der Waals surface area contributed by atoms with Crippen molar-refractivity contribution >= 4 is 21.6 Å². The first-order valence-electron chi connectivity index (χ1n) is 7.48. The van der Waals surface area contributed by atoms with E-state index < -0.39 is 10.0 Å². The summed E-state index contributed by atoms with van der Waals surface area (Å²) >= 11 is 5.73. The Kier molecular flexibility index (Phi) is 5.06. The highest BCUT2D eigenvalue weighted by Crippen LogP contribution is 2.35. The molecule has 1 aliphatic rings. The van der Waals surface area contributed by atoms with Crippen molar-refractivity contribution in [1.82, 2.24) is 9.29 Å². The lowest BCUT2D eigenvalue weighted by atomic mass is 9.77. The van der Waals surface area contributed by atoms with Crippen molar-refractivity contribution in [2.75, 3.05) is 13.1 Å². The molecule has 2 rings (SSSR count). The predicted molar refractivity (Wildman–Crippen MR) is 85.9 cm³/mol. The van der Waals surface area contributed by atoms with Crippen LogP contribution in [0, 0.1) is 11.3 Å². The Morgan fingerprint density at radius 2 is 2.05 bits per heavy atom. The smallest absolute Gasteiger partial charge is 0.244 e. The van der Waals surface area contributed by atoms with Gasteiger partial charge < -0.3 is 4.98 Å². The van der Waals surface area contributed by atoms with Crippen molar-refractivity contribution in [3.05, 3.63) is 18.0 Å². The van der Waals surface area contributed by atoms with Crippen LogP contribution >= 0.6 is 11.6 Å². The van der Waals surface area contributed by atoms with Crippen molar-refractivity contribution in [1.29, 1.82) is 0 Å². The zero-order valence-electron chi connectivity index (χ0n) is 13.0. The summed E-state index contributed by atoms with van der Waals surface area (Å²) in [6.07, 6.45) is 4.48. The van der Waals surface area contributed by atoms with Crippen LogP contribution in [0.2, 0.25) is 0 Å². The zero-order chi connectivity index (χ0) is 15.7. The molecule has 21 heavy (non-hydrogen) atoms. The maximum atomic E-state index is 12.7. The van der Waals surface area contributed by atoms with Gasteiger partial charge in [0.05, 0.1) is 10.8 Å². The fourth-order valence-electron chi connectivity index (χ4n) is 2.97. The van der Waals surface area contributed by atoms with Gasteiger partial charge in [0.25, 0.3) is 0 Å². The molecule has 0 bridgehead atoms. The number of aromatic amines is 1. The maximum Gasteiger partial charge on any atom is 0.244 e. The highest BCUT2D eigenvalue weighted by atomic mass is 35.5. The fourth-order valence-corrected chi connectivity index (χ4v) is 4.64. The first-order valence-corrected chi connectivity index (χ1v) is 9.46. The second-order valence-electron chi connectivity index (χ2n) is 6.89. The highest BCUT2D eigenvalue weighted by Gasteiger charge is 2.32. The van der Waals surface area contributed by atoms with Gasteiger partial charge in [-0.1, -0.05) is 20.8 Å². The molecule has 1 aliphatic heterocycles. The van der Waals surface area contributed by atoms with Gasteiger partial charge in [0.2, 0.25) is 10.0 Å². The van der Waals surface area contributed by atoms with E-state index in [1.165, 1.54) is 0 Å². The Labute approximate surface area is 132 Å². The van der Waals surface area contributed by atoms with Gasteiger partial charge in [-0.2, -0.15) is 4.31 Å². The van der Waals surface area contributed by atoms with Crippen molar-refractivity contribution in [3.63, 3.8) is 0 Å². The quantitative estimate of drug-likeness (QED) is 0.860. The van der Waals surface area contributed by atoms with Crippen LogP contribution in [-0.2, 0) is 15.9 Å². The average molecular weight is 333 g/mol. The molecule has 1 fully saturated rings. The van der Waals surface area contributed by atoms with Crippen molar-refractivity contribution in [2.45, 2.75) is 50.8 Å². The summed E-state index contributed by atoms with van der Waals surface area (Å²) in [6, 6.07) is 1.63. The van der Waals surface area contributed by atoms with Crippen molar-refractivity contribution in [3.8, 4) is 0 Å². The summed E-state index contributed by atoms with van der Waals surface area (Å²) in [7, 11) is -3.40. The molecule has 2 heterocycles. The van der Waals surface area contributed by atoms with Gasteiger partial charge >= 0.3 is 0 Å². The van der Waals surface area contributed by atoms with Gasteiger partial charge in [0, 0.05) is 25.0 Å². The second kappa shape index (κ2) is 6.31. The van der Waals surface area contributed by atoms with Crippen LogP contribution in [0.5, 0.6) is 0 Å². The normalized spacial score (nSPS) is 22.2. The van der Waals surface area contributed by atoms with E-state index in [-0.39, 0.29) is 5.41 Å². The Bertz CT molecular complexity index is 575. The second-order valence-corrected chi connectivity index (χ2v) is 9.10. The van der Waals surface area contributed by atoms with Crippen molar-refractivity contribution in [2.24, 2.45) is 11.3 Å². The Hall–Kier alpha value is -0.520. The van der Waals surface area contributed by atoms with E-state index in [2.05, 4.69) is 25.8 Å². The molecule has 1 aromatic heterocycles. The minimum atomic E-state index is -3.40. The molecule has 120 valence electrons. The van der Waals surface area contributed by atoms with E-state index in [1.807, 2.05) is 0 Å². The molecule has 0 saturated carbocycles. The Morgan fingerprint density at radius 1 is 1.33 bits per heavy atom. The molecule has 1 N–H and O–H groups in total. The number of hydrogen-bond acceptors (Lipinski definition) is 2. The third kappa shape index (κ3) is 3.82. The number of rotatable bonds is 3. The van der Waals surface area contributed by atoms with E-state index in [0.29, 0.717) is 29.8 Å². The number of alkyl halides is 1. The molecule has 0 amide bonds. The standard InChI is InChI=1S/C15H25ClN2O2S/c1-15(2,3)12-5-4-7-18(8-6-12)21(19,20)14-9-13(10-16)17-11-14/h9,11-12,17H,4-8,10H2,1-3H3. The first kappa shape index (κ1) is 16.8. The number of aromatic nitrogens is 1. The monoisotopic (exact) mass is 332 g/mol. The predicted octanol–water partition coefficient (Wildman–Crippen LogP) is 3.59. The van der Waals surface area contributed by atoms with E-state index in [1.54, 1.807) is 16.6 Å². The van der Waals surface area contributed by atoms with Gasteiger partial charge in [0.15, 0.2) is 0 Å². The molecule has 1 aromatic rings. The summed E-state index contributed by atoms with van der Waals surface area (Å²) < 4.78 is 27.0. The molecule has 1 saturated heterocycles. The van der Waals surface area contributed by atoms with Gasteiger partial charge in [0.1, 0.15) is 0 Å². The first-order chi connectivity index (χ1) is 9.75. The minimum Gasteiger partial charge on any atom is -0.363 e. The molecule has 0 aliphatic carbocycles. The fraction of sp³-hybridized carbons (Fsp3) is 0.733. The lowest BCUT2D eigenvalue weighted by Gasteiger charge is -2.29. The number of nitrogens with zero attached hydrogens (tertiary/aromatic N) is 1. The summed E-state index contributed by atoms with van der Waals surface area (Å²) in [6.45, 7) is 7.92. The van der Waals surface area contributed by atoms with Crippen LogP contribution in [0.1, 0.15) is 45.7 Å². The average Bonchev–Trinajstić information content (AvgIpc) is 2.73. The molecule has 6 heteroatoms. The summed E-state index contributed by atoms with van der Waals surface area (Å²) in [5.41, 5.74) is 0.970. The number of hydrogen-bond donors (Lipinski definition) is 1. The number of H-pyrrole nitrogens is 1. The largest absolute Gasteiger partial charge is 0.363 e. The maximum absolute atomic E-state index is 12.7.